The van der Waals surface area contributed by atoms with Crippen LogP contribution in [-0.4, -0.2) is 42.0 Å². The fourth-order valence-electron chi connectivity index (χ4n) is 2.79. The lowest BCUT2D eigenvalue weighted by Gasteiger charge is -2.30. The molecule has 1 aliphatic heterocycles. The zero-order chi connectivity index (χ0) is 17.1. The van der Waals surface area contributed by atoms with Gasteiger partial charge in [0.1, 0.15) is 6.04 Å². The molecule has 1 aliphatic rings. The molecule has 1 heterocycles. The molecule has 1 atom stereocenters. The second-order valence-corrected chi connectivity index (χ2v) is 5.96. The quantitative estimate of drug-likeness (QED) is 0.674. The van der Waals surface area contributed by atoms with Crippen LogP contribution in [0.1, 0.15) is 58.9 Å². The lowest BCUT2D eigenvalue weighted by molar-refractivity contribution is -0.136. The summed E-state index contributed by atoms with van der Waals surface area (Å²) in [5.41, 5.74) is 1.42. The van der Waals surface area contributed by atoms with Gasteiger partial charge in [0, 0.05) is 19.0 Å². The summed E-state index contributed by atoms with van der Waals surface area (Å²) >= 11 is 0. The molecule has 0 aromatic heterocycles. The van der Waals surface area contributed by atoms with Gasteiger partial charge in [-0.1, -0.05) is 26.0 Å². The lowest BCUT2D eigenvalue weighted by atomic mass is 9.93. The molecular weight excluding hydrogens is 296 g/mol. The largest absolute Gasteiger partial charge is 0.330 e. The SMILES string of the molecule is CC(C)c1cccc(C(=O)N(C)C2CCC(=O)NC2=O)c1C=O. The van der Waals surface area contributed by atoms with Gasteiger partial charge in [0.25, 0.3) is 5.91 Å². The standard InChI is InChI=1S/C17H20N2O4/c1-10(2)11-5-4-6-12(13(11)9-20)17(23)19(3)14-7-8-15(21)18-16(14)22/h4-6,9-10,14H,7-8H2,1-3H3,(H,18,21,22). The van der Waals surface area contributed by atoms with Crippen molar-refractivity contribution in [3.05, 3.63) is 34.9 Å². The maximum absolute atomic E-state index is 12.7. The van der Waals surface area contributed by atoms with Gasteiger partial charge in [-0.05, 0) is 24.0 Å². The Morgan fingerprint density at radius 2 is 2.04 bits per heavy atom. The van der Waals surface area contributed by atoms with Crippen molar-refractivity contribution in [2.24, 2.45) is 0 Å². The van der Waals surface area contributed by atoms with Crippen molar-refractivity contribution in [3.8, 4) is 0 Å². The van der Waals surface area contributed by atoms with Crippen LogP contribution in [0.25, 0.3) is 0 Å². The first-order valence-corrected chi connectivity index (χ1v) is 7.55. The van der Waals surface area contributed by atoms with Gasteiger partial charge < -0.3 is 4.90 Å². The minimum Gasteiger partial charge on any atom is -0.330 e. The summed E-state index contributed by atoms with van der Waals surface area (Å²) in [6.07, 6.45) is 1.16. The van der Waals surface area contributed by atoms with Gasteiger partial charge in [-0.15, -0.1) is 0 Å². The van der Waals surface area contributed by atoms with E-state index in [9.17, 15) is 19.2 Å². The summed E-state index contributed by atoms with van der Waals surface area (Å²) in [7, 11) is 1.51. The van der Waals surface area contributed by atoms with Crippen molar-refractivity contribution < 1.29 is 19.2 Å². The first-order chi connectivity index (χ1) is 10.9. The minimum absolute atomic E-state index is 0.101. The summed E-state index contributed by atoms with van der Waals surface area (Å²) < 4.78 is 0. The summed E-state index contributed by atoms with van der Waals surface area (Å²) in [4.78, 5) is 48.6. The van der Waals surface area contributed by atoms with E-state index in [2.05, 4.69) is 5.32 Å². The lowest BCUT2D eigenvalue weighted by Crippen LogP contribution is -2.53. The van der Waals surface area contributed by atoms with Crippen LogP contribution >= 0.6 is 0 Å². The highest BCUT2D eigenvalue weighted by Gasteiger charge is 2.33. The van der Waals surface area contributed by atoms with Crippen LogP contribution in [0.2, 0.25) is 0 Å². The molecule has 3 amide bonds. The van der Waals surface area contributed by atoms with Crippen molar-refractivity contribution in [3.63, 3.8) is 0 Å². The van der Waals surface area contributed by atoms with E-state index in [1.165, 1.54) is 11.9 Å². The topological polar surface area (TPSA) is 83.6 Å². The first-order valence-electron chi connectivity index (χ1n) is 7.55. The smallest absolute Gasteiger partial charge is 0.255 e. The Kier molecular flexibility index (Phi) is 4.93. The number of hydrogen-bond donors (Lipinski definition) is 1. The molecule has 1 fully saturated rings. The van der Waals surface area contributed by atoms with Crippen molar-refractivity contribution in [1.29, 1.82) is 0 Å². The molecule has 1 aromatic carbocycles. The molecule has 1 aromatic rings. The molecule has 6 nitrogen and oxygen atoms in total. The highest BCUT2D eigenvalue weighted by Crippen LogP contribution is 2.23. The number of benzene rings is 1. The molecular formula is C17H20N2O4. The molecule has 23 heavy (non-hydrogen) atoms. The number of carbonyl (C=O) groups is 4. The molecule has 0 spiro atoms. The van der Waals surface area contributed by atoms with E-state index in [0.29, 0.717) is 11.8 Å². The van der Waals surface area contributed by atoms with E-state index >= 15 is 0 Å². The summed E-state index contributed by atoms with van der Waals surface area (Å²) in [6, 6.07) is 4.42. The average molecular weight is 316 g/mol. The molecule has 1 saturated heterocycles. The normalized spacial score (nSPS) is 17.8. The van der Waals surface area contributed by atoms with Crippen LogP contribution in [0.15, 0.2) is 18.2 Å². The van der Waals surface area contributed by atoms with Gasteiger partial charge >= 0.3 is 0 Å². The maximum atomic E-state index is 12.7. The fourth-order valence-corrected chi connectivity index (χ4v) is 2.79. The van der Waals surface area contributed by atoms with Crippen molar-refractivity contribution in [2.45, 2.75) is 38.6 Å². The maximum Gasteiger partial charge on any atom is 0.255 e. The Labute approximate surface area is 134 Å². The van der Waals surface area contributed by atoms with Gasteiger partial charge in [-0.25, -0.2) is 0 Å². The molecule has 2 rings (SSSR count). The fraction of sp³-hybridized carbons (Fsp3) is 0.412. The monoisotopic (exact) mass is 316 g/mol. The van der Waals surface area contributed by atoms with E-state index in [1.807, 2.05) is 19.9 Å². The molecule has 0 radical (unpaired) electrons. The van der Waals surface area contributed by atoms with E-state index in [4.69, 9.17) is 0 Å². The van der Waals surface area contributed by atoms with E-state index in [0.717, 1.165) is 5.56 Å². The Morgan fingerprint density at radius 3 is 2.61 bits per heavy atom. The number of imide groups is 1. The summed E-state index contributed by atoms with van der Waals surface area (Å²) in [5, 5.41) is 2.23. The zero-order valence-electron chi connectivity index (χ0n) is 13.5. The van der Waals surface area contributed by atoms with Crippen LogP contribution in [0.5, 0.6) is 0 Å². The number of carbonyl (C=O) groups excluding carboxylic acids is 4. The molecule has 122 valence electrons. The van der Waals surface area contributed by atoms with Gasteiger partial charge in [0.05, 0.1) is 5.56 Å². The highest BCUT2D eigenvalue weighted by molar-refractivity contribution is 6.06. The Morgan fingerprint density at radius 1 is 1.35 bits per heavy atom. The predicted octanol–water partition coefficient (Wildman–Crippen LogP) is 1.50. The van der Waals surface area contributed by atoms with E-state index < -0.39 is 17.9 Å². The number of aldehydes is 1. The van der Waals surface area contributed by atoms with Crippen molar-refractivity contribution in [2.75, 3.05) is 7.05 Å². The molecule has 0 saturated carbocycles. The van der Waals surface area contributed by atoms with Crippen molar-refractivity contribution in [1.82, 2.24) is 10.2 Å². The third-order valence-corrected chi connectivity index (χ3v) is 4.11. The van der Waals surface area contributed by atoms with E-state index in [1.54, 1.807) is 12.1 Å². The summed E-state index contributed by atoms with van der Waals surface area (Å²) in [6.45, 7) is 3.89. The zero-order valence-corrected chi connectivity index (χ0v) is 13.5. The van der Waals surface area contributed by atoms with E-state index in [-0.39, 0.29) is 30.2 Å². The van der Waals surface area contributed by atoms with Crippen molar-refractivity contribution >= 4 is 24.0 Å². The summed E-state index contributed by atoms with van der Waals surface area (Å²) in [5.74, 6) is -1.11. The number of amides is 3. The third-order valence-electron chi connectivity index (χ3n) is 4.11. The average Bonchev–Trinajstić information content (AvgIpc) is 2.52. The second kappa shape index (κ2) is 6.73. The van der Waals surface area contributed by atoms with Crippen LogP contribution in [0.4, 0.5) is 0 Å². The van der Waals surface area contributed by atoms with Crippen LogP contribution < -0.4 is 5.32 Å². The number of hydrogen-bond acceptors (Lipinski definition) is 4. The van der Waals surface area contributed by atoms with Crippen LogP contribution in [-0.2, 0) is 9.59 Å². The van der Waals surface area contributed by atoms with Gasteiger partial charge in [-0.2, -0.15) is 0 Å². The van der Waals surface area contributed by atoms with Gasteiger partial charge in [-0.3, -0.25) is 24.5 Å². The Hall–Kier alpha value is -2.50. The Balaban J connectivity index is 2.33. The molecule has 0 aliphatic carbocycles. The number of nitrogens with one attached hydrogen (secondary N) is 1. The second-order valence-electron chi connectivity index (χ2n) is 5.96. The first kappa shape index (κ1) is 16.9. The van der Waals surface area contributed by atoms with Crippen LogP contribution in [0, 0.1) is 0 Å². The van der Waals surface area contributed by atoms with Gasteiger partial charge in [0.15, 0.2) is 6.29 Å². The number of nitrogens with zero attached hydrogens (tertiary/aromatic N) is 1. The molecule has 1 N–H and O–H groups in total. The minimum atomic E-state index is -0.706. The molecule has 1 unspecified atom stereocenters. The van der Waals surface area contributed by atoms with Gasteiger partial charge in [0.2, 0.25) is 11.8 Å². The predicted molar refractivity (Wildman–Crippen MR) is 84.2 cm³/mol. The Bertz CT molecular complexity index is 667. The highest BCUT2D eigenvalue weighted by atomic mass is 16.2. The molecule has 0 bridgehead atoms. The third kappa shape index (κ3) is 3.31. The number of rotatable bonds is 4. The number of piperidine rings is 1. The number of likely N-dealkylation sites (N-methyl/N-ethyl adjacent to an activating group) is 1. The molecule has 6 heteroatoms. The van der Waals surface area contributed by atoms with Crippen LogP contribution in [0.3, 0.4) is 0 Å².